The first-order valence-electron chi connectivity index (χ1n) is 6.69. The SMILES string of the molecule is C=CCn1c2ccccc2c2cnc(CCC)nc21. The molecule has 19 heavy (non-hydrogen) atoms. The van der Waals surface area contributed by atoms with E-state index in [0.717, 1.165) is 36.2 Å². The molecule has 0 spiro atoms. The first-order valence-corrected chi connectivity index (χ1v) is 6.69. The van der Waals surface area contributed by atoms with Crippen LogP contribution in [0.1, 0.15) is 19.2 Å². The highest BCUT2D eigenvalue weighted by atomic mass is 15.1. The van der Waals surface area contributed by atoms with Crippen LogP contribution in [0.25, 0.3) is 21.9 Å². The molecule has 0 saturated carbocycles. The molecule has 0 N–H and O–H groups in total. The van der Waals surface area contributed by atoms with Gasteiger partial charge in [0.1, 0.15) is 11.5 Å². The summed E-state index contributed by atoms with van der Waals surface area (Å²) in [7, 11) is 0. The smallest absolute Gasteiger partial charge is 0.145 e. The molecule has 2 aromatic heterocycles. The fourth-order valence-corrected chi connectivity index (χ4v) is 2.51. The van der Waals surface area contributed by atoms with E-state index >= 15 is 0 Å². The van der Waals surface area contributed by atoms with Crippen LogP contribution in [0.3, 0.4) is 0 Å². The molecule has 3 nitrogen and oxygen atoms in total. The summed E-state index contributed by atoms with van der Waals surface area (Å²) < 4.78 is 2.21. The van der Waals surface area contributed by atoms with Gasteiger partial charge in [-0.15, -0.1) is 6.58 Å². The lowest BCUT2D eigenvalue weighted by Crippen LogP contribution is -2.00. The van der Waals surface area contributed by atoms with Crippen molar-refractivity contribution in [3.63, 3.8) is 0 Å². The predicted molar refractivity (Wildman–Crippen MR) is 79.2 cm³/mol. The number of benzene rings is 1. The van der Waals surface area contributed by atoms with E-state index in [9.17, 15) is 0 Å². The zero-order valence-corrected chi connectivity index (χ0v) is 11.1. The van der Waals surface area contributed by atoms with Crippen molar-refractivity contribution < 1.29 is 0 Å². The van der Waals surface area contributed by atoms with Crippen LogP contribution < -0.4 is 0 Å². The van der Waals surface area contributed by atoms with Crippen molar-refractivity contribution in [2.75, 3.05) is 0 Å². The Morgan fingerprint density at radius 1 is 1.26 bits per heavy atom. The molecular weight excluding hydrogens is 234 g/mol. The normalized spacial score (nSPS) is 11.2. The maximum atomic E-state index is 4.72. The highest BCUT2D eigenvalue weighted by Gasteiger charge is 2.11. The van der Waals surface area contributed by atoms with E-state index in [1.165, 1.54) is 10.9 Å². The van der Waals surface area contributed by atoms with Crippen molar-refractivity contribution in [1.82, 2.24) is 14.5 Å². The first-order chi connectivity index (χ1) is 9.35. The minimum absolute atomic E-state index is 0.770. The molecule has 0 bridgehead atoms. The lowest BCUT2D eigenvalue weighted by atomic mass is 10.2. The van der Waals surface area contributed by atoms with Gasteiger partial charge < -0.3 is 4.57 Å². The molecule has 0 aliphatic heterocycles. The van der Waals surface area contributed by atoms with Crippen LogP contribution in [0.2, 0.25) is 0 Å². The summed E-state index contributed by atoms with van der Waals surface area (Å²) in [5.41, 5.74) is 2.21. The second-order valence-electron chi connectivity index (χ2n) is 4.69. The molecule has 0 atom stereocenters. The summed E-state index contributed by atoms with van der Waals surface area (Å²) in [5.74, 6) is 0.920. The van der Waals surface area contributed by atoms with Crippen molar-refractivity contribution in [1.29, 1.82) is 0 Å². The number of fused-ring (bicyclic) bond motifs is 3. The molecule has 0 saturated heterocycles. The average Bonchev–Trinajstić information content (AvgIpc) is 2.74. The van der Waals surface area contributed by atoms with E-state index in [2.05, 4.69) is 47.3 Å². The molecule has 3 aromatic rings. The molecule has 0 aliphatic rings. The molecule has 2 heterocycles. The number of rotatable bonds is 4. The topological polar surface area (TPSA) is 30.7 Å². The van der Waals surface area contributed by atoms with Gasteiger partial charge >= 0.3 is 0 Å². The Balaban J connectivity index is 2.35. The number of nitrogens with zero attached hydrogens (tertiary/aromatic N) is 3. The van der Waals surface area contributed by atoms with Gasteiger partial charge in [-0.1, -0.05) is 31.2 Å². The van der Waals surface area contributed by atoms with Crippen LogP contribution in [0.15, 0.2) is 43.1 Å². The third-order valence-corrected chi connectivity index (χ3v) is 3.34. The van der Waals surface area contributed by atoms with Gasteiger partial charge in [0.2, 0.25) is 0 Å². The minimum Gasteiger partial charge on any atom is -0.321 e. The summed E-state index contributed by atoms with van der Waals surface area (Å²) in [6.45, 7) is 6.76. The lowest BCUT2D eigenvalue weighted by Gasteiger charge is -2.03. The minimum atomic E-state index is 0.770. The van der Waals surface area contributed by atoms with Gasteiger partial charge in [-0.2, -0.15) is 0 Å². The summed E-state index contributed by atoms with van der Waals surface area (Å²) in [4.78, 5) is 9.19. The van der Waals surface area contributed by atoms with Crippen LogP contribution in [0.4, 0.5) is 0 Å². The van der Waals surface area contributed by atoms with Crippen LogP contribution in [-0.2, 0) is 13.0 Å². The zero-order valence-electron chi connectivity index (χ0n) is 11.1. The predicted octanol–water partition coefficient (Wildman–Crippen LogP) is 3.72. The molecule has 96 valence electrons. The first kappa shape index (κ1) is 11.9. The number of aryl methyl sites for hydroxylation is 1. The van der Waals surface area contributed by atoms with Gasteiger partial charge in [0, 0.05) is 29.9 Å². The molecule has 0 unspecified atom stereocenters. The van der Waals surface area contributed by atoms with E-state index < -0.39 is 0 Å². The third kappa shape index (κ3) is 1.91. The van der Waals surface area contributed by atoms with Gasteiger partial charge in [0.25, 0.3) is 0 Å². The molecule has 3 rings (SSSR count). The molecule has 0 radical (unpaired) electrons. The maximum Gasteiger partial charge on any atom is 0.145 e. The van der Waals surface area contributed by atoms with Crippen molar-refractivity contribution in [3.8, 4) is 0 Å². The highest BCUT2D eigenvalue weighted by molar-refractivity contribution is 6.06. The van der Waals surface area contributed by atoms with Gasteiger partial charge in [-0.3, -0.25) is 0 Å². The average molecular weight is 251 g/mol. The van der Waals surface area contributed by atoms with E-state index in [1.54, 1.807) is 0 Å². The number of hydrogen-bond acceptors (Lipinski definition) is 2. The monoisotopic (exact) mass is 251 g/mol. The third-order valence-electron chi connectivity index (χ3n) is 3.34. The Hall–Kier alpha value is -2.16. The Bertz CT molecular complexity index is 740. The fourth-order valence-electron chi connectivity index (χ4n) is 2.51. The number of hydrogen-bond donors (Lipinski definition) is 0. The van der Waals surface area contributed by atoms with E-state index in [0.29, 0.717) is 0 Å². The fraction of sp³-hybridized carbons (Fsp3) is 0.250. The van der Waals surface area contributed by atoms with E-state index in [-0.39, 0.29) is 0 Å². The second-order valence-corrected chi connectivity index (χ2v) is 4.69. The largest absolute Gasteiger partial charge is 0.321 e. The molecule has 3 heteroatoms. The molecule has 0 aliphatic carbocycles. The number of para-hydroxylation sites is 1. The summed E-state index contributed by atoms with van der Waals surface area (Å²) in [6, 6.07) is 8.36. The summed E-state index contributed by atoms with van der Waals surface area (Å²) in [6.07, 6.45) is 5.85. The van der Waals surface area contributed by atoms with Crippen LogP contribution in [0, 0.1) is 0 Å². The molecule has 1 aromatic carbocycles. The Kier molecular flexibility index (Phi) is 3.03. The second kappa shape index (κ2) is 4.84. The van der Waals surface area contributed by atoms with Crippen molar-refractivity contribution in [2.45, 2.75) is 26.3 Å². The van der Waals surface area contributed by atoms with Crippen molar-refractivity contribution in [3.05, 3.63) is 48.9 Å². The Morgan fingerprint density at radius 2 is 2.11 bits per heavy atom. The van der Waals surface area contributed by atoms with Crippen LogP contribution in [0.5, 0.6) is 0 Å². The quantitative estimate of drug-likeness (QED) is 0.662. The van der Waals surface area contributed by atoms with Gasteiger partial charge in [-0.25, -0.2) is 9.97 Å². The highest BCUT2D eigenvalue weighted by Crippen LogP contribution is 2.27. The number of aromatic nitrogens is 3. The molecule has 0 fully saturated rings. The Labute approximate surface area is 112 Å². The summed E-state index contributed by atoms with van der Waals surface area (Å²) in [5, 5.41) is 2.33. The molecular formula is C16H17N3. The lowest BCUT2D eigenvalue weighted by molar-refractivity contribution is 0.822. The summed E-state index contributed by atoms with van der Waals surface area (Å²) >= 11 is 0. The van der Waals surface area contributed by atoms with Gasteiger partial charge in [0.15, 0.2) is 0 Å². The van der Waals surface area contributed by atoms with E-state index in [4.69, 9.17) is 4.98 Å². The molecule has 0 amide bonds. The van der Waals surface area contributed by atoms with Gasteiger partial charge in [-0.05, 0) is 12.5 Å². The maximum absolute atomic E-state index is 4.72. The Morgan fingerprint density at radius 3 is 2.89 bits per heavy atom. The number of allylic oxidation sites excluding steroid dienone is 1. The van der Waals surface area contributed by atoms with Crippen molar-refractivity contribution in [2.24, 2.45) is 0 Å². The van der Waals surface area contributed by atoms with Crippen LogP contribution in [-0.4, -0.2) is 14.5 Å². The van der Waals surface area contributed by atoms with Crippen molar-refractivity contribution >= 4 is 21.9 Å². The van der Waals surface area contributed by atoms with Gasteiger partial charge in [0.05, 0.1) is 5.52 Å². The standard InChI is InChI=1S/C16H17N3/c1-3-7-15-17-11-13-12-8-5-6-9-14(12)19(10-4-2)16(13)18-15/h4-6,8-9,11H,2-3,7,10H2,1H3. The zero-order chi connectivity index (χ0) is 13.2. The van der Waals surface area contributed by atoms with E-state index in [1.807, 2.05) is 12.3 Å². The van der Waals surface area contributed by atoms with Crippen LogP contribution >= 0.6 is 0 Å².